The summed E-state index contributed by atoms with van der Waals surface area (Å²) in [6.07, 6.45) is 4.86. The smallest absolute Gasteiger partial charge is 0.416 e. The van der Waals surface area contributed by atoms with Crippen molar-refractivity contribution in [3.63, 3.8) is 0 Å². The number of carbonyl (C=O) groups is 1. The molecule has 196 valence electrons. The van der Waals surface area contributed by atoms with Gasteiger partial charge in [-0.25, -0.2) is 13.2 Å². The molecule has 0 bridgehead atoms. The Kier molecular flexibility index (Phi) is 8.45. The highest BCUT2D eigenvalue weighted by Crippen LogP contribution is 2.31. The van der Waals surface area contributed by atoms with Gasteiger partial charge in [0.25, 0.3) is 0 Å². The summed E-state index contributed by atoms with van der Waals surface area (Å²) < 4.78 is 32.5. The maximum absolute atomic E-state index is 13.6. The molecule has 2 atom stereocenters. The van der Waals surface area contributed by atoms with E-state index in [4.69, 9.17) is 4.74 Å². The zero-order chi connectivity index (χ0) is 26.4. The normalized spacial score (nSPS) is 17.5. The number of allylic oxidation sites excluding steroid dienone is 2. The van der Waals surface area contributed by atoms with Crippen LogP contribution in [0.3, 0.4) is 0 Å². The number of benzene rings is 2. The standard InChI is InChI=1S/C28H34N4O4S/c1-4-31(5-2)23-15-16-24(21(3)18-23)32(26-19-30-26)28(33)36-25(22-12-8-6-9-13-22)20-37(34,35)27-14-10-7-11-17-29-27/h6-16,18,25-26,30H,4-5,17,19-20H2,1-3H3. The molecule has 9 heteroatoms. The number of anilines is 2. The molecule has 8 nitrogen and oxygen atoms in total. The number of hydrogen-bond donors (Lipinski definition) is 1. The van der Waals surface area contributed by atoms with Crippen LogP contribution in [0.25, 0.3) is 0 Å². The van der Waals surface area contributed by atoms with Crippen molar-refractivity contribution in [3.8, 4) is 0 Å². The number of nitrogens with one attached hydrogen (secondary N) is 1. The van der Waals surface area contributed by atoms with E-state index in [0.29, 0.717) is 12.1 Å². The van der Waals surface area contributed by atoms with Gasteiger partial charge in [0.1, 0.15) is 12.3 Å². The summed E-state index contributed by atoms with van der Waals surface area (Å²) in [5, 5.41) is 3.17. The minimum absolute atomic E-state index is 0.0157. The van der Waals surface area contributed by atoms with Gasteiger partial charge in [0.05, 0.1) is 18.0 Å². The molecule has 1 N–H and O–H groups in total. The van der Waals surface area contributed by atoms with Gasteiger partial charge in [-0.05, 0) is 56.2 Å². The summed E-state index contributed by atoms with van der Waals surface area (Å²) in [6, 6.07) is 15.0. The number of aliphatic imine (C=N–C) groups is 1. The fourth-order valence-corrected chi connectivity index (χ4v) is 5.71. The Labute approximate surface area is 219 Å². The molecule has 0 spiro atoms. The van der Waals surface area contributed by atoms with Crippen LogP contribution in [0.1, 0.15) is 31.1 Å². The van der Waals surface area contributed by atoms with Crippen molar-refractivity contribution in [1.82, 2.24) is 5.32 Å². The van der Waals surface area contributed by atoms with Crippen molar-refractivity contribution in [1.29, 1.82) is 0 Å². The van der Waals surface area contributed by atoms with Gasteiger partial charge in [0.15, 0.2) is 14.9 Å². The molecule has 0 radical (unpaired) electrons. The highest BCUT2D eigenvalue weighted by atomic mass is 32.2. The molecule has 2 aliphatic rings. The van der Waals surface area contributed by atoms with E-state index in [1.165, 1.54) is 6.08 Å². The minimum atomic E-state index is -3.82. The number of amides is 1. The van der Waals surface area contributed by atoms with Crippen LogP contribution in [-0.2, 0) is 14.6 Å². The van der Waals surface area contributed by atoms with Gasteiger partial charge in [-0.1, -0.05) is 48.6 Å². The van der Waals surface area contributed by atoms with Crippen LogP contribution in [0.15, 0.2) is 77.8 Å². The van der Waals surface area contributed by atoms with Crippen LogP contribution in [0.2, 0.25) is 0 Å². The molecule has 2 heterocycles. The Morgan fingerprint density at radius 3 is 2.51 bits per heavy atom. The lowest BCUT2D eigenvalue weighted by Crippen LogP contribution is -2.38. The largest absolute Gasteiger partial charge is 0.440 e. The van der Waals surface area contributed by atoms with E-state index in [-0.39, 0.29) is 17.8 Å². The van der Waals surface area contributed by atoms with Gasteiger partial charge >= 0.3 is 6.09 Å². The van der Waals surface area contributed by atoms with E-state index >= 15 is 0 Å². The molecule has 0 aromatic heterocycles. The van der Waals surface area contributed by atoms with Gasteiger partial charge in [0, 0.05) is 25.3 Å². The van der Waals surface area contributed by atoms with E-state index in [2.05, 4.69) is 35.1 Å². The van der Waals surface area contributed by atoms with Crippen molar-refractivity contribution in [2.24, 2.45) is 4.99 Å². The highest BCUT2D eigenvalue weighted by Gasteiger charge is 2.37. The van der Waals surface area contributed by atoms with E-state index in [9.17, 15) is 13.2 Å². The molecule has 0 aliphatic carbocycles. The van der Waals surface area contributed by atoms with Crippen LogP contribution in [0.4, 0.5) is 16.2 Å². The number of carbonyl (C=O) groups excluding carboxylic acids is 1. The van der Waals surface area contributed by atoms with Gasteiger partial charge in [-0.3, -0.25) is 15.2 Å². The third-order valence-electron chi connectivity index (χ3n) is 6.41. The average molecular weight is 523 g/mol. The van der Waals surface area contributed by atoms with Crippen LogP contribution < -0.4 is 15.1 Å². The molecule has 2 aliphatic heterocycles. The first-order valence-electron chi connectivity index (χ1n) is 12.6. The van der Waals surface area contributed by atoms with Crippen LogP contribution >= 0.6 is 0 Å². The zero-order valence-corrected chi connectivity index (χ0v) is 22.3. The lowest BCUT2D eigenvalue weighted by molar-refractivity contribution is 0.115. The maximum Gasteiger partial charge on any atom is 0.416 e. The first-order chi connectivity index (χ1) is 17.8. The van der Waals surface area contributed by atoms with E-state index < -0.39 is 27.8 Å². The summed E-state index contributed by atoms with van der Waals surface area (Å²) >= 11 is 0. The average Bonchev–Trinajstić information content (AvgIpc) is 3.74. The second-order valence-corrected chi connectivity index (χ2v) is 10.9. The van der Waals surface area contributed by atoms with Crippen molar-refractivity contribution in [2.75, 3.05) is 41.7 Å². The number of aryl methyl sites for hydroxylation is 1. The van der Waals surface area contributed by atoms with E-state index in [1.54, 1.807) is 47.4 Å². The molecule has 4 rings (SSSR count). The molecule has 1 saturated heterocycles. The molecular formula is C28H34N4O4S. The van der Waals surface area contributed by atoms with Gasteiger partial charge < -0.3 is 9.64 Å². The molecule has 1 amide bonds. The first kappa shape index (κ1) is 26.6. The summed E-state index contributed by atoms with van der Waals surface area (Å²) in [5.74, 6) is -0.405. The quantitative estimate of drug-likeness (QED) is 0.490. The van der Waals surface area contributed by atoms with Gasteiger partial charge in [-0.2, -0.15) is 0 Å². The molecule has 1 fully saturated rings. The first-order valence-corrected chi connectivity index (χ1v) is 14.2. The second kappa shape index (κ2) is 11.7. The van der Waals surface area contributed by atoms with Crippen LogP contribution in [-0.4, -0.2) is 57.7 Å². The SMILES string of the molecule is CCN(CC)c1ccc(N(C(=O)OC(CS(=O)(=O)C2=NCC=CC=C2)c2ccccc2)C2CN2)c(C)c1. The summed E-state index contributed by atoms with van der Waals surface area (Å²) in [6.45, 7) is 8.86. The Hall–Kier alpha value is -3.43. The molecule has 2 aromatic rings. The topological polar surface area (TPSA) is 101 Å². The van der Waals surface area contributed by atoms with E-state index in [1.807, 2.05) is 25.1 Å². The van der Waals surface area contributed by atoms with Crippen molar-refractivity contribution < 1.29 is 17.9 Å². The van der Waals surface area contributed by atoms with Crippen LogP contribution in [0.5, 0.6) is 0 Å². The monoisotopic (exact) mass is 522 g/mol. The lowest BCUT2D eigenvalue weighted by atomic mass is 10.1. The highest BCUT2D eigenvalue weighted by molar-refractivity contribution is 8.06. The zero-order valence-electron chi connectivity index (χ0n) is 21.5. The predicted molar refractivity (Wildman–Crippen MR) is 149 cm³/mol. The predicted octanol–water partition coefficient (Wildman–Crippen LogP) is 4.39. The van der Waals surface area contributed by atoms with Crippen molar-refractivity contribution >= 4 is 32.3 Å². The van der Waals surface area contributed by atoms with Crippen LogP contribution in [0, 0.1) is 6.92 Å². The lowest BCUT2D eigenvalue weighted by Gasteiger charge is -2.28. The third-order valence-corrected chi connectivity index (χ3v) is 8.05. The number of sulfone groups is 1. The van der Waals surface area contributed by atoms with E-state index in [0.717, 1.165) is 30.0 Å². The molecule has 37 heavy (non-hydrogen) atoms. The summed E-state index contributed by atoms with van der Waals surface area (Å²) in [5.41, 5.74) is 3.36. The maximum atomic E-state index is 13.6. The Morgan fingerprint density at radius 1 is 1.14 bits per heavy atom. The number of rotatable bonds is 9. The summed E-state index contributed by atoms with van der Waals surface area (Å²) in [4.78, 5) is 21.6. The number of ether oxygens (including phenoxy) is 1. The molecule has 0 saturated carbocycles. The number of hydrogen-bond acceptors (Lipinski definition) is 7. The summed E-state index contributed by atoms with van der Waals surface area (Å²) in [7, 11) is -3.82. The minimum Gasteiger partial charge on any atom is -0.440 e. The Bertz CT molecular complexity index is 1300. The fraction of sp³-hybridized carbons (Fsp3) is 0.357. The van der Waals surface area contributed by atoms with Gasteiger partial charge in [0.2, 0.25) is 0 Å². The molecule has 2 unspecified atom stereocenters. The Morgan fingerprint density at radius 2 is 1.86 bits per heavy atom. The Balaban J connectivity index is 1.61. The van der Waals surface area contributed by atoms with Gasteiger partial charge in [-0.15, -0.1) is 0 Å². The van der Waals surface area contributed by atoms with Crippen molar-refractivity contribution in [3.05, 3.63) is 84.0 Å². The molecular weight excluding hydrogens is 488 g/mol. The second-order valence-electron chi connectivity index (χ2n) is 8.97. The fourth-order valence-electron chi connectivity index (χ4n) is 4.33. The molecule has 2 aromatic carbocycles. The third kappa shape index (κ3) is 6.47. The number of nitrogens with zero attached hydrogens (tertiary/aromatic N) is 3. The van der Waals surface area contributed by atoms with Crippen molar-refractivity contribution in [2.45, 2.75) is 33.0 Å².